The Morgan fingerprint density at radius 2 is 1.54 bits per heavy atom. The molecular weight excluding hydrogens is 705 g/mol. The van der Waals surface area contributed by atoms with Crippen molar-refractivity contribution in [2.24, 2.45) is 0 Å². The highest BCUT2D eigenvalue weighted by atomic mass is 31.2. The summed E-state index contributed by atoms with van der Waals surface area (Å²) >= 11 is 0. The Kier molecular flexibility index (Phi) is 22.9. The van der Waals surface area contributed by atoms with E-state index in [1.165, 1.54) is 103 Å². The van der Waals surface area contributed by atoms with Gasteiger partial charge in [-0.1, -0.05) is 109 Å². The van der Waals surface area contributed by atoms with E-state index in [4.69, 9.17) is 34.3 Å². The molecule has 0 radical (unpaired) electrons. The van der Waals surface area contributed by atoms with E-state index in [0.29, 0.717) is 30.1 Å². The van der Waals surface area contributed by atoms with E-state index >= 15 is 0 Å². The van der Waals surface area contributed by atoms with Gasteiger partial charge in [0.15, 0.2) is 11.4 Å². The number of anilines is 1. The first kappa shape index (κ1) is 45.1. The topological polar surface area (TPSA) is 183 Å². The average molecular weight is 768 g/mol. The molecule has 14 heteroatoms. The van der Waals surface area contributed by atoms with Crippen molar-refractivity contribution in [3.8, 4) is 12.1 Å². The van der Waals surface area contributed by atoms with Crippen LogP contribution in [0.3, 0.4) is 0 Å². The number of nitrogens with two attached hydrogens (primary N) is 1. The summed E-state index contributed by atoms with van der Waals surface area (Å²) in [5.41, 5.74) is 7.25. The molecule has 0 fully saturated rings. The largest absolute Gasteiger partial charge is 0.382 e. The predicted octanol–water partition coefficient (Wildman–Crippen LogP) is 8.54. The Hall–Kier alpha value is -3.26. The number of nitrogens with zero attached hydrogens (tertiary/aromatic N) is 6. The van der Waals surface area contributed by atoms with Gasteiger partial charge in [0.05, 0.1) is 26.4 Å². The molecule has 13 nitrogen and oxygen atoms in total. The third-order valence-electron chi connectivity index (χ3n) is 9.59. The van der Waals surface area contributed by atoms with Gasteiger partial charge in [0.1, 0.15) is 35.8 Å². The summed E-state index contributed by atoms with van der Waals surface area (Å²) in [5, 5.41) is 23.3. The second-order valence-electron chi connectivity index (χ2n) is 13.9. The van der Waals surface area contributed by atoms with Gasteiger partial charge in [0.2, 0.25) is 0 Å². The third kappa shape index (κ3) is 17.5. The lowest BCUT2D eigenvalue weighted by Gasteiger charge is -2.26. The summed E-state index contributed by atoms with van der Waals surface area (Å²) in [4.78, 5) is 18.7. The molecule has 3 atom stereocenters. The fourth-order valence-electron chi connectivity index (χ4n) is 6.14. The van der Waals surface area contributed by atoms with Crippen LogP contribution in [-0.4, -0.2) is 69.7 Å². The van der Waals surface area contributed by atoms with Gasteiger partial charge < -0.3 is 33.9 Å². The van der Waals surface area contributed by atoms with Gasteiger partial charge in [0, 0.05) is 25.6 Å². The van der Waals surface area contributed by atoms with Crippen LogP contribution in [0.5, 0.6) is 0 Å². The lowest BCUT2D eigenvalue weighted by molar-refractivity contribution is -0.0511. The Labute approximate surface area is 323 Å². The first-order chi connectivity index (χ1) is 26.4. The van der Waals surface area contributed by atoms with Crippen LogP contribution < -0.4 is 5.73 Å². The average Bonchev–Trinajstić information content (AvgIpc) is 3.63. The molecule has 0 saturated heterocycles. The third-order valence-corrected chi connectivity index (χ3v) is 10.3. The van der Waals surface area contributed by atoms with Crippen molar-refractivity contribution in [3.63, 3.8) is 0 Å². The van der Waals surface area contributed by atoms with Gasteiger partial charge in [-0.05, 0) is 43.0 Å². The standard InChI is InChI=1S/C40H62N7O6P/c1-3-4-5-6-7-8-9-10-11-12-13-14-15-16-17-18-25-50-29-37(51-28-34-19-20-35(26-41)44-27-34)30-52-54(48)53-32-40(31-42,49-2)24-23-36-21-22-38-39(43)45-33-46-47(36)38/h19-22,27,33,37,48H,3-18,23-25,28-30,32H2,1-2H3,(H2,43,45,46). The fourth-order valence-corrected chi connectivity index (χ4v) is 6.83. The molecule has 3 aromatic rings. The molecule has 0 spiro atoms. The highest BCUT2D eigenvalue weighted by Gasteiger charge is 2.32. The van der Waals surface area contributed by atoms with Crippen LogP contribution in [0.4, 0.5) is 5.82 Å². The Bertz CT molecular complexity index is 1520. The molecule has 3 aromatic heterocycles. The van der Waals surface area contributed by atoms with E-state index < -0.39 is 20.3 Å². The molecule has 3 rings (SSSR count). The van der Waals surface area contributed by atoms with Gasteiger partial charge in [0.25, 0.3) is 0 Å². The number of ether oxygens (including phenoxy) is 3. The van der Waals surface area contributed by atoms with Gasteiger partial charge in [-0.2, -0.15) is 15.6 Å². The maximum absolute atomic E-state index is 10.6. The van der Waals surface area contributed by atoms with Gasteiger partial charge in [-0.15, -0.1) is 0 Å². The quantitative estimate of drug-likeness (QED) is 0.0457. The lowest BCUT2D eigenvalue weighted by Crippen LogP contribution is -2.35. The van der Waals surface area contributed by atoms with Gasteiger partial charge in [-0.25, -0.2) is 14.5 Å². The monoisotopic (exact) mass is 767 g/mol. The van der Waals surface area contributed by atoms with Crippen LogP contribution in [0.1, 0.15) is 133 Å². The van der Waals surface area contributed by atoms with Crippen LogP contribution >= 0.6 is 8.60 Å². The number of fused-ring (bicyclic) bond motifs is 1. The van der Waals surface area contributed by atoms with Crippen molar-refractivity contribution in [3.05, 3.63) is 53.7 Å². The first-order valence-electron chi connectivity index (χ1n) is 19.8. The number of aromatic nitrogens is 4. The molecule has 0 saturated carbocycles. The molecule has 0 aromatic carbocycles. The minimum atomic E-state index is -2.35. The first-order valence-corrected chi connectivity index (χ1v) is 20.9. The second-order valence-corrected chi connectivity index (χ2v) is 14.9. The van der Waals surface area contributed by atoms with Crippen LogP contribution in [-0.2, 0) is 36.3 Å². The van der Waals surface area contributed by atoms with Crippen LogP contribution in [0.15, 0.2) is 36.8 Å². The zero-order valence-corrected chi connectivity index (χ0v) is 33.4. The fraction of sp³-hybridized carbons (Fsp3) is 0.675. The zero-order chi connectivity index (χ0) is 38.7. The highest BCUT2D eigenvalue weighted by molar-refractivity contribution is 7.40. The summed E-state index contributed by atoms with van der Waals surface area (Å²) in [7, 11) is -0.914. The molecule has 3 heterocycles. The number of methoxy groups -OCH3 is 1. The Morgan fingerprint density at radius 1 is 0.870 bits per heavy atom. The number of pyridine rings is 1. The Balaban J connectivity index is 1.34. The number of aryl methyl sites for hydroxylation is 1. The smallest absolute Gasteiger partial charge is 0.330 e. The van der Waals surface area contributed by atoms with E-state index in [0.717, 1.165) is 24.1 Å². The van der Waals surface area contributed by atoms with Crippen molar-refractivity contribution in [2.75, 3.05) is 39.3 Å². The number of rotatable bonds is 32. The summed E-state index contributed by atoms with van der Waals surface area (Å²) < 4.78 is 30.5. The minimum Gasteiger partial charge on any atom is -0.382 e. The number of hydrogen-bond donors (Lipinski definition) is 2. The summed E-state index contributed by atoms with van der Waals surface area (Å²) in [6, 6.07) is 11.3. The molecular formula is C40H62N7O6P. The van der Waals surface area contributed by atoms with Crippen molar-refractivity contribution < 1.29 is 28.2 Å². The molecule has 0 aliphatic carbocycles. The molecule has 0 bridgehead atoms. The Morgan fingerprint density at radius 3 is 2.13 bits per heavy atom. The maximum atomic E-state index is 10.6. The lowest BCUT2D eigenvalue weighted by atomic mass is 9.99. The molecule has 3 unspecified atom stereocenters. The number of unbranched alkanes of at least 4 members (excludes halogenated alkanes) is 15. The second kappa shape index (κ2) is 27.3. The van der Waals surface area contributed by atoms with Crippen LogP contribution in [0, 0.1) is 22.7 Å². The van der Waals surface area contributed by atoms with E-state index in [-0.39, 0.29) is 32.8 Å². The van der Waals surface area contributed by atoms with Crippen molar-refractivity contribution in [2.45, 2.75) is 141 Å². The molecule has 0 aliphatic heterocycles. The van der Waals surface area contributed by atoms with E-state index in [2.05, 4.69) is 28.1 Å². The predicted molar refractivity (Wildman–Crippen MR) is 210 cm³/mol. The van der Waals surface area contributed by atoms with Gasteiger partial charge >= 0.3 is 8.60 Å². The normalized spacial score (nSPS) is 13.7. The van der Waals surface area contributed by atoms with Crippen LogP contribution in [0.2, 0.25) is 0 Å². The van der Waals surface area contributed by atoms with E-state index in [1.807, 2.05) is 18.2 Å². The summed E-state index contributed by atoms with van der Waals surface area (Å²) in [6.07, 6.45) is 24.2. The SMILES string of the molecule is CCCCCCCCCCCCCCCCCCOCC(COP(O)OCC(C#N)(CCc1ccc2c(N)ncnn12)OC)OCc1ccc(C#N)nc1. The summed E-state index contributed by atoms with van der Waals surface area (Å²) in [5.74, 6) is 0.363. The maximum Gasteiger partial charge on any atom is 0.330 e. The molecule has 0 amide bonds. The van der Waals surface area contributed by atoms with Crippen molar-refractivity contribution in [1.29, 1.82) is 10.5 Å². The molecule has 3 N–H and O–H groups in total. The molecule has 0 aliphatic rings. The van der Waals surface area contributed by atoms with Crippen LogP contribution in [0.25, 0.3) is 5.52 Å². The highest BCUT2D eigenvalue weighted by Crippen LogP contribution is 2.35. The zero-order valence-electron chi connectivity index (χ0n) is 32.5. The van der Waals surface area contributed by atoms with E-state index in [1.54, 1.807) is 22.8 Å². The van der Waals surface area contributed by atoms with Crippen molar-refractivity contribution in [1.82, 2.24) is 19.6 Å². The number of nitrogen functional groups attached to an aromatic ring is 1. The van der Waals surface area contributed by atoms with Crippen molar-refractivity contribution >= 4 is 19.9 Å². The number of nitriles is 2. The number of hydrogen-bond acceptors (Lipinski definition) is 12. The minimum absolute atomic E-state index is 0.00861. The van der Waals surface area contributed by atoms with Gasteiger partial charge in [-0.3, -0.25) is 0 Å². The molecule has 54 heavy (non-hydrogen) atoms. The molecule has 298 valence electrons. The van der Waals surface area contributed by atoms with E-state index in [9.17, 15) is 10.2 Å². The summed E-state index contributed by atoms with van der Waals surface area (Å²) in [6.45, 7) is 3.17.